The van der Waals surface area contributed by atoms with E-state index in [1.807, 2.05) is 30.5 Å². The van der Waals surface area contributed by atoms with E-state index in [0.29, 0.717) is 10.9 Å². The first-order valence-electron chi connectivity index (χ1n) is 8.32. The van der Waals surface area contributed by atoms with Crippen LogP contribution >= 0.6 is 11.6 Å². The summed E-state index contributed by atoms with van der Waals surface area (Å²) in [7, 11) is 0. The molecule has 1 aliphatic heterocycles. The van der Waals surface area contributed by atoms with E-state index in [1.165, 1.54) is 12.8 Å². The van der Waals surface area contributed by atoms with Gasteiger partial charge in [-0.2, -0.15) is 0 Å². The number of likely N-dealkylation sites (tertiary alicyclic amines) is 1. The summed E-state index contributed by atoms with van der Waals surface area (Å²) in [6.07, 6.45) is 5.84. The van der Waals surface area contributed by atoms with Crippen LogP contribution in [0.3, 0.4) is 0 Å². The van der Waals surface area contributed by atoms with Gasteiger partial charge in [-0.3, -0.25) is 4.90 Å². The third-order valence-corrected chi connectivity index (χ3v) is 4.95. The molecule has 0 spiro atoms. The Hall–Kier alpha value is -2.04. The first-order chi connectivity index (χ1) is 11.8. The van der Waals surface area contributed by atoms with Gasteiger partial charge in [0.1, 0.15) is 6.33 Å². The molecule has 0 saturated carbocycles. The normalized spacial score (nSPS) is 18.8. The topological polar surface area (TPSA) is 41.9 Å². The van der Waals surface area contributed by atoms with Gasteiger partial charge in [-0.05, 0) is 37.6 Å². The van der Waals surface area contributed by atoms with Crippen molar-refractivity contribution in [1.82, 2.24) is 19.9 Å². The van der Waals surface area contributed by atoms with Crippen molar-refractivity contribution in [3.05, 3.63) is 65.3 Å². The number of rotatable bonds is 3. The van der Waals surface area contributed by atoms with Gasteiger partial charge < -0.3 is 0 Å². The fourth-order valence-electron chi connectivity index (χ4n) is 3.45. The zero-order valence-corrected chi connectivity index (χ0v) is 14.2. The Kier molecular flexibility index (Phi) is 4.41. The van der Waals surface area contributed by atoms with Crippen molar-refractivity contribution in [3.63, 3.8) is 0 Å². The molecule has 1 aliphatic rings. The highest BCUT2D eigenvalue weighted by molar-refractivity contribution is 6.35. The van der Waals surface area contributed by atoms with Crippen molar-refractivity contribution >= 4 is 22.5 Å². The molecule has 2 aromatic heterocycles. The summed E-state index contributed by atoms with van der Waals surface area (Å²) in [4.78, 5) is 15.7. The summed E-state index contributed by atoms with van der Waals surface area (Å²) in [5, 5.41) is 1.80. The first kappa shape index (κ1) is 15.5. The Bertz CT molecular complexity index is 837. The number of piperidine rings is 1. The fraction of sp³-hybridized carbons (Fsp3) is 0.316. The minimum atomic E-state index is 0.478. The largest absolute Gasteiger partial charge is 0.297 e. The van der Waals surface area contributed by atoms with Crippen molar-refractivity contribution in [2.24, 2.45) is 0 Å². The second-order valence-corrected chi connectivity index (χ2v) is 6.73. The van der Waals surface area contributed by atoms with Gasteiger partial charge in [-0.1, -0.05) is 29.8 Å². The second kappa shape index (κ2) is 6.83. The van der Waals surface area contributed by atoms with Crippen LogP contribution in [0.4, 0.5) is 0 Å². The molecule has 3 heterocycles. The van der Waals surface area contributed by atoms with Gasteiger partial charge in [0.25, 0.3) is 0 Å². The summed E-state index contributed by atoms with van der Waals surface area (Å²) >= 11 is 6.28. The van der Waals surface area contributed by atoms with E-state index in [9.17, 15) is 0 Å². The number of halogens is 1. The Morgan fingerprint density at radius 1 is 1.17 bits per heavy atom. The summed E-state index contributed by atoms with van der Waals surface area (Å²) in [6.45, 7) is 2.96. The van der Waals surface area contributed by atoms with Gasteiger partial charge in [-0.15, -0.1) is 0 Å². The van der Waals surface area contributed by atoms with Crippen LogP contribution in [0, 0.1) is 0 Å². The quantitative estimate of drug-likeness (QED) is 0.722. The van der Waals surface area contributed by atoms with Crippen molar-refractivity contribution in [2.45, 2.75) is 25.3 Å². The predicted octanol–water partition coefficient (Wildman–Crippen LogP) is 4.06. The Morgan fingerprint density at radius 3 is 3.00 bits per heavy atom. The molecule has 0 N–H and O–H groups in total. The highest BCUT2D eigenvalue weighted by Gasteiger charge is 2.22. The first-order valence-corrected chi connectivity index (χ1v) is 8.70. The molecule has 3 aromatic rings. The number of fused-ring (bicyclic) bond motifs is 1. The van der Waals surface area contributed by atoms with E-state index in [1.54, 1.807) is 6.33 Å². The number of hydrogen-bond donors (Lipinski definition) is 0. The average Bonchev–Trinajstić information content (AvgIpc) is 2.63. The van der Waals surface area contributed by atoms with Gasteiger partial charge >= 0.3 is 0 Å². The fourth-order valence-corrected chi connectivity index (χ4v) is 3.68. The minimum absolute atomic E-state index is 0.478. The van der Waals surface area contributed by atoms with E-state index in [2.05, 4.69) is 27.0 Å². The van der Waals surface area contributed by atoms with Crippen LogP contribution in [0.15, 0.2) is 48.9 Å². The van der Waals surface area contributed by atoms with Gasteiger partial charge in [0.2, 0.25) is 0 Å². The molecule has 5 heteroatoms. The zero-order chi connectivity index (χ0) is 16.4. The highest BCUT2D eigenvalue weighted by Crippen LogP contribution is 2.27. The molecule has 1 fully saturated rings. The lowest BCUT2D eigenvalue weighted by molar-refractivity contribution is 0.196. The SMILES string of the molecule is Clc1cccc2ccc(CN3CCC[C@@H](c4ccncn4)C3)nc12. The van der Waals surface area contributed by atoms with Crippen LogP contribution in [0.2, 0.25) is 5.02 Å². The van der Waals surface area contributed by atoms with Crippen molar-refractivity contribution in [3.8, 4) is 0 Å². The minimum Gasteiger partial charge on any atom is -0.297 e. The number of hydrogen-bond acceptors (Lipinski definition) is 4. The molecular formula is C19H19ClN4. The summed E-state index contributed by atoms with van der Waals surface area (Å²) < 4.78 is 0. The number of benzene rings is 1. The lowest BCUT2D eigenvalue weighted by Crippen LogP contribution is -2.34. The van der Waals surface area contributed by atoms with Crippen LogP contribution in [-0.2, 0) is 6.54 Å². The van der Waals surface area contributed by atoms with Crippen molar-refractivity contribution in [1.29, 1.82) is 0 Å². The van der Waals surface area contributed by atoms with Crippen LogP contribution in [0.1, 0.15) is 30.1 Å². The molecule has 122 valence electrons. The third kappa shape index (κ3) is 3.25. The lowest BCUT2D eigenvalue weighted by atomic mass is 9.94. The maximum absolute atomic E-state index is 6.28. The number of para-hydroxylation sites is 1. The molecule has 0 unspecified atom stereocenters. The maximum Gasteiger partial charge on any atom is 0.115 e. The molecule has 24 heavy (non-hydrogen) atoms. The smallest absolute Gasteiger partial charge is 0.115 e. The lowest BCUT2D eigenvalue weighted by Gasteiger charge is -2.32. The van der Waals surface area contributed by atoms with Crippen LogP contribution in [0.25, 0.3) is 10.9 Å². The summed E-state index contributed by atoms with van der Waals surface area (Å²) in [6, 6.07) is 12.1. The average molecular weight is 339 g/mol. The Balaban J connectivity index is 1.51. The van der Waals surface area contributed by atoms with Gasteiger partial charge in [0, 0.05) is 36.3 Å². The molecule has 1 atom stereocenters. The molecule has 4 nitrogen and oxygen atoms in total. The van der Waals surface area contributed by atoms with E-state index in [0.717, 1.165) is 41.9 Å². The Morgan fingerprint density at radius 2 is 2.12 bits per heavy atom. The van der Waals surface area contributed by atoms with E-state index < -0.39 is 0 Å². The predicted molar refractivity (Wildman–Crippen MR) is 96.0 cm³/mol. The summed E-state index contributed by atoms with van der Waals surface area (Å²) in [5.74, 6) is 0.478. The zero-order valence-electron chi connectivity index (χ0n) is 13.4. The highest BCUT2D eigenvalue weighted by atomic mass is 35.5. The Labute approximate surface area is 146 Å². The van der Waals surface area contributed by atoms with Gasteiger partial charge in [0.15, 0.2) is 0 Å². The van der Waals surface area contributed by atoms with E-state index in [4.69, 9.17) is 16.6 Å². The van der Waals surface area contributed by atoms with Gasteiger partial charge in [-0.25, -0.2) is 15.0 Å². The van der Waals surface area contributed by atoms with E-state index in [-0.39, 0.29) is 0 Å². The van der Waals surface area contributed by atoms with E-state index >= 15 is 0 Å². The molecule has 1 aromatic carbocycles. The van der Waals surface area contributed by atoms with Crippen molar-refractivity contribution < 1.29 is 0 Å². The monoisotopic (exact) mass is 338 g/mol. The molecular weight excluding hydrogens is 320 g/mol. The number of aromatic nitrogens is 3. The third-order valence-electron chi connectivity index (χ3n) is 4.64. The van der Waals surface area contributed by atoms with Crippen LogP contribution in [-0.4, -0.2) is 32.9 Å². The standard InChI is InChI=1S/C19H19ClN4/c20-17-5-1-3-14-6-7-16(23-19(14)17)12-24-10-2-4-15(11-24)18-8-9-21-13-22-18/h1,3,5-9,13,15H,2,4,10-12H2/t15-/m1/s1. The summed E-state index contributed by atoms with van der Waals surface area (Å²) in [5.41, 5.74) is 3.10. The molecule has 1 saturated heterocycles. The maximum atomic E-state index is 6.28. The molecule has 0 amide bonds. The molecule has 0 aliphatic carbocycles. The molecule has 4 rings (SSSR count). The second-order valence-electron chi connectivity index (χ2n) is 6.32. The molecule has 0 bridgehead atoms. The van der Waals surface area contributed by atoms with Crippen LogP contribution < -0.4 is 0 Å². The van der Waals surface area contributed by atoms with Gasteiger partial charge in [0.05, 0.1) is 16.2 Å². The molecule has 0 radical (unpaired) electrons. The van der Waals surface area contributed by atoms with Crippen molar-refractivity contribution in [2.75, 3.05) is 13.1 Å². The number of nitrogens with zero attached hydrogens (tertiary/aromatic N) is 4. The van der Waals surface area contributed by atoms with Crippen LogP contribution in [0.5, 0.6) is 0 Å². The number of pyridine rings is 1.